The predicted octanol–water partition coefficient (Wildman–Crippen LogP) is 3.79. The number of anilines is 1. The van der Waals surface area contributed by atoms with Gasteiger partial charge in [0, 0.05) is 5.69 Å². The van der Waals surface area contributed by atoms with Gasteiger partial charge < -0.3 is 14.6 Å². The molecular formula is C12H8ClF3N2O3. The number of hydrogen-bond acceptors (Lipinski definition) is 4. The monoisotopic (exact) mass is 320 g/mol. The van der Waals surface area contributed by atoms with Gasteiger partial charge in [-0.25, -0.2) is 0 Å². The van der Waals surface area contributed by atoms with Crippen LogP contribution in [0.5, 0.6) is 5.75 Å². The fourth-order valence-corrected chi connectivity index (χ4v) is 1.72. The molecule has 21 heavy (non-hydrogen) atoms. The van der Waals surface area contributed by atoms with Crippen LogP contribution < -0.4 is 10.1 Å². The lowest BCUT2D eigenvalue weighted by Gasteiger charge is -2.11. The minimum absolute atomic E-state index is 0.208. The first-order valence-corrected chi connectivity index (χ1v) is 5.92. The molecule has 0 unspecified atom stereocenters. The number of ether oxygens (including phenoxy) is 1. The summed E-state index contributed by atoms with van der Waals surface area (Å²) in [6.07, 6.45) is -3.61. The standard InChI is InChI=1S/C12H8ClF3N2O3/c1-6-8(5-17-21-6)11(19)18-7-2-3-10(9(13)4-7)20-12(14,15)16/h2-5H,1H3,(H,18,19). The largest absolute Gasteiger partial charge is 0.573 e. The molecule has 0 aliphatic carbocycles. The molecular weight excluding hydrogens is 313 g/mol. The molecule has 0 atom stereocenters. The normalized spacial score (nSPS) is 11.3. The molecule has 5 nitrogen and oxygen atoms in total. The number of amides is 1. The smallest absolute Gasteiger partial charge is 0.404 e. The third-order valence-electron chi connectivity index (χ3n) is 2.41. The van der Waals surface area contributed by atoms with Gasteiger partial charge in [0.1, 0.15) is 17.1 Å². The summed E-state index contributed by atoms with van der Waals surface area (Å²) < 4.78 is 44.7. The number of hydrogen-bond donors (Lipinski definition) is 1. The third kappa shape index (κ3) is 3.88. The van der Waals surface area contributed by atoms with E-state index in [1.54, 1.807) is 6.92 Å². The van der Waals surface area contributed by atoms with E-state index < -0.39 is 18.0 Å². The van der Waals surface area contributed by atoms with Crippen LogP contribution in [0.4, 0.5) is 18.9 Å². The Hall–Kier alpha value is -2.22. The Bertz CT molecular complexity index is 670. The van der Waals surface area contributed by atoms with Crippen LogP contribution in [0.2, 0.25) is 5.02 Å². The summed E-state index contributed by atoms with van der Waals surface area (Å²) in [5.74, 6) is -0.756. The van der Waals surface area contributed by atoms with Crippen LogP contribution >= 0.6 is 11.6 Å². The van der Waals surface area contributed by atoms with E-state index in [0.29, 0.717) is 5.76 Å². The number of carbonyl (C=O) groups excluding carboxylic acids is 1. The van der Waals surface area contributed by atoms with Crippen molar-refractivity contribution in [2.45, 2.75) is 13.3 Å². The highest BCUT2D eigenvalue weighted by Crippen LogP contribution is 2.32. The molecule has 112 valence electrons. The highest BCUT2D eigenvalue weighted by atomic mass is 35.5. The molecule has 0 fully saturated rings. The summed E-state index contributed by atoms with van der Waals surface area (Å²) >= 11 is 5.67. The fourth-order valence-electron chi connectivity index (χ4n) is 1.50. The van der Waals surface area contributed by atoms with Gasteiger partial charge in [0.05, 0.1) is 11.2 Å². The van der Waals surface area contributed by atoms with E-state index >= 15 is 0 Å². The maximum absolute atomic E-state index is 12.1. The molecule has 1 amide bonds. The summed E-state index contributed by atoms with van der Waals surface area (Å²) in [6, 6.07) is 3.38. The molecule has 0 saturated carbocycles. The van der Waals surface area contributed by atoms with Gasteiger partial charge >= 0.3 is 6.36 Å². The van der Waals surface area contributed by atoms with Gasteiger partial charge in [0.15, 0.2) is 0 Å². The molecule has 0 aliphatic rings. The Kier molecular flexibility index (Phi) is 4.08. The van der Waals surface area contributed by atoms with Crippen molar-refractivity contribution in [1.29, 1.82) is 0 Å². The zero-order chi connectivity index (χ0) is 15.6. The number of alkyl halides is 3. The number of aromatic nitrogens is 1. The van der Waals surface area contributed by atoms with Crippen molar-refractivity contribution in [2.24, 2.45) is 0 Å². The second kappa shape index (κ2) is 5.65. The number of carbonyl (C=O) groups is 1. The van der Waals surface area contributed by atoms with Crippen LogP contribution in [0.25, 0.3) is 0 Å². The molecule has 1 aromatic carbocycles. The molecule has 0 radical (unpaired) electrons. The molecule has 0 saturated heterocycles. The van der Waals surface area contributed by atoms with Crippen LogP contribution in [0, 0.1) is 6.92 Å². The van der Waals surface area contributed by atoms with Gasteiger partial charge in [-0.05, 0) is 25.1 Å². The zero-order valence-corrected chi connectivity index (χ0v) is 11.2. The maximum atomic E-state index is 12.1. The van der Waals surface area contributed by atoms with Crippen molar-refractivity contribution in [1.82, 2.24) is 5.16 Å². The molecule has 1 heterocycles. The van der Waals surface area contributed by atoms with E-state index in [4.69, 9.17) is 16.1 Å². The Labute approximate surface area is 121 Å². The lowest BCUT2D eigenvalue weighted by Crippen LogP contribution is -2.17. The van der Waals surface area contributed by atoms with E-state index in [-0.39, 0.29) is 16.3 Å². The fraction of sp³-hybridized carbons (Fsp3) is 0.167. The van der Waals surface area contributed by atoms with Gasteiger partial charge in [-0.15, -0.1) is 13.2 Å². The Balaban J connectivity index is 2.14. The van der Waals surface area contributed by atoms with E-state index in [2.05, 4.69) is 15.2 Å². The van der Waals surface area contributed by atoms with Crippen LogP contribution in [-0.4, -0.2) is 17.4 Å². The first-order valence-electron chi connectivity index (χ1n) is 5.54. The number of rotatable bonds is 3. The molecule has 2 rings (SSSR count). The van der Waals surface area contributed by atoms with Gasteiger partial charge in [0.2, 0.25) is 0 Å². The molecule has 1 N–H and O–H groups in total. The number of nitrogens with zero attached hydrogens (tertiary/aromatic N) is 1. The molecule has 1 aromatic heterocycles. The number of aryl methyl sites for hydroxylation is 1. The van der Waals surface area contributed by atoms with Crippen LogP contribution in [-0.2, 0) is 0 Å². The second-order valence-corrected chi connectivity index (χ2v) is 4.35. The molecule has 0 spiro atoms. The zero-order valence-electron chi connectivity index (χ0n) is 10.5. The average molecular weight is 321 g/mol. The molecule has 9 heteroatoms. The Morgan fingerprint density at radius 3 is 2.67 bits per heavy atom. The Morgan fingerprint density at radius 1 is 1.43 bits per heavy atom. The van der Waals surface area contributed by atoms with E-state index in [0.717, 1.165) is 12.1 Å². The summed E-state index contributed by atoms with van der Waals surface area (Å²) in [4.78, 5) is 11.9. The predicted molar refractivity (Wildman–Crippen MR) is 67.3 cm³/mol. The van der Waals surface area contributed by atoms with Gasteiger partial charge in [-0.1, -0.05) is 16.8 Å². The molecule has 0 aliphatic heterocycles. The van der Waals surface area contributed by atoms with Gasteiger partial charge in [-0.2, -0.15) is 0 Å². The van der Waals surface area contributed by atoms with Crippen molar-refractivity contribution in [3.8, 4) is 5.75 Å². The molecule has 0 bridgehead atoms. The van der Waals surface area contributed by atoms with Gasteiger partial charge in [0.25, 0.3) is 5.91 Å². The highest BCUT2D eigenvalue weighted by molar-refractivity contribution is 6.32. The maximum Gasteiger partial charge on any atom is 0.573 e. The third-order valence-corrected chi connectivity index (χ3v) is 2.71. The minimum atomic E-state index is -4.84. The molecule has 2 aromatic rings. The van der Waals surface area contributed by atoms with Crippen molar-refractivity contribution in [2.75, 3.05) is 5.32 Å². The minimum Gasteiger partial charge on any atom is -0.404 e. The topological polar surface area (TPSA) is 64.4 Å². The lowest BCUT2D eigenvalue weighted by atomic mass is 10.2. The van der Waals surface area contributed by atoms with E-state index in [1.807, 2.05) is 0 Å². The number of benzene rings is 1. The van der Waals surface area contributed by atoms with Gasteiger partial charge in [-0.3, -0.25) is 4.79 Å². The van der Waals surface area contributed by atoms with Crippen molar-refractivity contribution in [3.63, 3.8) is 0 Å². The highest BCUT2D eigenvalue weighted by Gasteiger charge is 2.32. The first-order chi connectivity index (χ1) is 9.76. The van der Waals surface area contributed by atoms with E-state index in [1.165, 1.54) is 12.3 Å². The summed E-state index contributed by atoms with van der Waals surface area (Å²) in [6.45, 7) is 1.55. The number of halogens is 4. The average Bonchev–Trinajstić information content (AvgIpc) is 2.77. The number of nitrogens with one attached hydrogen (secondary N) is 1. The SMILES string of the molecule is Cc1oncc1C(=O)Nc1ccc(OC(F)(F)F)c(Cl)c1. The van der Waals surface area contributed by atoms with Crippen molar-refractivity contribution in [3.05, 3.63) is 40.7 Å². The van der Waals surface area contributed by atoms with Crippen molar-refractivity contribution < 1.29 is 27.2 Å². The second-order valence-electron chi connectivity index (χ2n) is 3.94. The van der Waals surface area contributed by atoms with E-state index in [9.17, 15) is 18.0 Å². The van der Waals surface area contributed by atoms with Crippen LogP contribution in [0.15, 0.2) is 28.9 Å². The summed E-state index contributed by atoms with van der Waals surface area (Å²) in [5.41, 5.74) is 0.418. The summed E-state index contributed by atoms with van der Waals surface area (Å²) in [7, 11) is 0. The lowest BCUT2D eigenvalue weighted by molar-refractivity contribution is -0.274. The Morgan fingerprint density at radius 2 is 2.14 bits per heavy atom. The summed E-state index contributed by atoms with van der Waals surface area (Å²) in [5, 5.41) is 5.62. The van der Waals surface area contributed by atoms with Crippen molar-refractivity contribution >= 4 is 23.2 Å². The first kappa shape index (κ1) is 15.2. The van der Waals surface area contributed by atoms with Crippen LogP contribution in [0.1, 0.15) is 16.1 Å². The quantitative estimate of drug-likeness (QED) is 0.934. The van der Waals surface area contributed by atoms with Crippen LogP contribution in [0.3, 0.4) is 0 Å².